The predicted molar refractivity (Wildman–Crippen MR) is 97.9 cm³/mol. The third-order valence-corrected chi connectivity index (χ3v) is 3.88. The van der Waals surface area contributed by atoms with Crippen LogP contribution in [0.1, 0.15) is 26.0 Å². The van der Waals surface area contributed by atoms with Crippen LogP contribution in [0, 0.1) is 5.92 Å². The fourth-order valence-electron chi connectivity index (χ4n) is 2.84. The van der Waals surface area contributed by atoms with Gasteiger partial charge in [0.05, 0.1) is 23.7 Å². The van der Waals surface area contributed by atoms with Crippen LogP contribution < -0.4 is 15.9 Å². The highest BCUT2D eigenvalue weighted by atomic mass is 16.5. The summed E-state index contributed by atoms with van der Waals surface area (Å²) in [6.07, 6.45) is 4.31. The molecule has 0 saturated heterocycles. The smallest absolute Gasteiger partial charge is 0.238 e. The largest absolute Gasteiger partial charge is 0.492 e. The molecular weight excluding hydrogens is 318 g/mol. The van der Waals surface area contributed by atoms with Crippen LogP contribution in [0.3, 0.4) is 0 Å². The zero-order valence-corrected chi connectivity index (χ0v) is 14.7. The Morgan fingerprint density at radius 2 is 2.20 bits per heavy atom. The molecule has 1 aromatic heterocycles. The Kier molecular flexibility index (Phi) is 5.14. The Bertz CT molecular complexity index is 885. The minimum Gasteiger partial charge on any atom is -0.492 e. The van der Waals surface area contributed by atoms with Gasteiger partial charge in [-0.2, -0.15) is 4.98 Å². The van der Waals surface area contributed by atoms with Crippen molar-refractivity contribution in [3.8, 4) is 5.88 Å². The Hall–Kier alpha value is -2.67. The summed E-state index contributed by atoms with van der Waals surface area (Å²) in [6.45, 7) is 4.89. The van der Waals surface area contributed by atoms with Gasteiger partial charge in [-0.05, 0) is 35.8 Å². The lowest BCUT2D eigenvalue weighted by Gasteiger charge is -2.19. The van der Waals surface area contributed by atoms with Crippen molar-refractivity contribution in [3.05, 3.63) is 34.5 Å². The van der Waals surface area contributed by atoms with Gasteiger partial charge in [-0.3, -0.25) is 0 Å². The number of hydrogen-bond donors (Lipinski definition) is 3. The van der Waals surface area contributed by atoms with Crippen LogP contribution >= 0.6 is 0 Å². The molecule has 25 heavy (non-hydrogen) atoms. The number of imidazole rings is 1. The molecular formula is C18H23N5O2. The van der Waals surface area contributed by atoms with E-state index in [1.165, 1.54) is 6.34 Å². The molecule has 1 atom stereocenters. The number of aromatic nitrogens is 2. The van der Waals surface area contributed by atoms with Crippen LogP contribution in [-0.4, -0.2) is 41.2 Å². The lowest BCUT2D eigenvalue weighted by atomic mass is 10.0. The van der Waals surface area contributed by atoms with E-state index in [0.717, 1.165) is 22.7 Å². The van der Waals surface area contributed by atoms with Crippen molar-refractivity contribution in [3.63, 3.8) is 0 Å². The van der Waals surface area contributed by atoms with E-state index in [-0.39, 0.29) is 11.9 Å². The molecule has 7 heteroatoms. The number of benzene rings is 1. The molecule has 1 aliphatic rings. The van der Waals surface area contributed by atoms with E-state index in [4.69, 9.17) is 4.74 Å². The van der Waals surface area contributed by atoms with Crippen molar-refractivity contribution in [1.29, 1.82) is 0 Å². The third kappa shape index (κ3) is 4.24. The van der Waals surface area contributed by atoms with Crippen LogP contribution in [0.5, 0.6) is 5.88 Å². The van der Waals surface area contributed by atoms with E-state index in [1.54, 1.807) is 7.11 Å². The second-order valence-electron chi connectivity index (χ2n) is 6.52. The Balaban J connectivity index is 1.81. The van der Waals surface area contributed by atoms with Crippen molar-refractivity contribution in [2.45, 2.75) is 26.3 Å². The highest BCUT2D eigenvalue weighted by Crippen LogP contribution is 2.19. The molecule has 0 bridgehead atoms. The highest BCUT2D eigenvalue weighted by Gasteiger charge is 2.14. The zero-order chi connectivity index (χ0) is 17.8. The number of anilines is 1. The van der Waals surface area contributed by atoms with E-state index in [2.05, 4.69) is 39.1 Å². The summed E-state index contributed by atoms with van der Waals surface area (Å²) in [4.78, 5) is 15.6. The van der Waals surface area contributed by atoms with Gasteiger partial charge in [0.1, 0.15) is 12.0 Å². The summed E-state index contributed by atoms with van der Waals surface area (Å²) in [5, 5.41) is 15.2. The maximum absolute atomic E-state index is 10.1. The van der Waals surface area contributed by atoms with E-state index in [9.17, 15) is 5.11 Å². The molecule has 3 N–H and O–H groups in total. The normalized spacial score (nSPS) is 14.6. The summed E-state index contributed by atoms with van der Waals surface area (Å²) in [6, 6.07) is 5.87. The number of aromatic amines is 1. The molecule has 2 heterocycles. The molecule has 0 radical (unpaired) electrons. The number of aliphatic imine (C=N–C) groups is 1. The second-order valence-corrected chi connectivity index (χ2v) is 6.52. The zero-order valence-electron chi connectivity index (χ0n) is 14.7. The Labute approximate surface area is 146 Å². The van der Waals surface area contributed by atoms with Gasteiger partial charge >= 0.3 is 0 Å². The number of ether oxygens (including phenoxy) is 1. The molecule has 1 aromatic carbocycles. The van der Waals surface area contributed by atoms with Gasteiger partial charge in [-0.1, -0.05) is 19.9 Å². The van der Waals surface area contributed by atoms with Gasteiger partial charge in [0.25, 0.3) is 0 Å². The van der Waals surface area contributed by atoms with Crippen LogP contribution in [0.15, 0.2) is 28.2 Å². The standard InChI is InChI=1S/C18H23N5O2/c1-11(2)6-13(9-25-3)21-18-22-16(17(24)23-18)8-12-4-5-14-15(7-12)20-10-19-14/h4-5,7-8,10-11,13,24H,6,9H2,1-3H3,(H2,21,22,23)/t13-/m1/s1. The van der Waals surface area contributed by atoms with Crippen molar-refractivity contribution in [2.24, 2.45) is 15.9 Å². The first-order chi connectivity index (χ1) is 12.0. The molecule has 0 spiro atoms. The maximum Gasteiger partial charge on any atom is 0.238 e. The lowest BCUT2D eigenvalue weighted by molar-refractivity contribution is 0.178. The monoisotopic (exact) mass is 341 g/mol. The first-order valence-electron chi connectivity index (χ1n) is 8.31. The number of H-pyrrole nitrogens is 1. The molecule has 0 unspecified atom stereocenters. The van der Waals surface area contributed by atoms with Gasteiger partial charge in [-0.25, -0.2) is 9.98 Å². The third-order valence-electron chi connectivity index (χ3n) is 3.88. The Morgan fingerprint density at radius 3 is 2.96 bits per heavy atom. The summed E-state index contributed by atoms with van der Waals surface area (Å²) in [7, 11) is 1.68. The van der Waals surface area contributed by atoms with Gasteiger partial charge < -0.3 is 20.1 Å². The van der Waals surface area contributed by atoms with Gasteiger partial charge in [0, 0.05) is 7.11 Å². The minimum absolute atomic E-state index is 0.0445. The van der Waals surface area contributed by atoms with E-state index in [1.807, 2.05) is 24.3 Å². The first-order valence-corrected chi connectivity index (χ1v) is 8.31. The molecule has 0 saturated carbocycles. The molecule has 0 aliphatic carbocycles. The topological polar surface area (TPSA) is 94.9 Å². The number of aromatic hydroxyl groups is 1. The molecule has 3 rings (SSSR count). The van der Waals surface area contributed by atoms with Crippen molar-refractivity contribution in [2.75, 3.05) is 19.0 Å². The molecule has 2 aromatic rings. The number of nitrogens with one attached hydrogen (secondary N) is 2. The average Bonchev–Trinajstić information content (AvgIpc) is 3.13. The molecule has 0 fully saturated rings. The first kappa shape index (κ1) is 17.2. The van der Waals surface area contributed by atoms with Crippen molar-refractivity contribution < 1.29 is 9.84 Å². The second kappa shape index (κ2) is 7.48. The van der Waals surface area contributed by atoms with Crippen LogP contribution in [0.2, 0.25) is 0 Å². The van der Waals surface area contributed by atoms with Gasteiger partial charge in [0.2, 0.25) is 11.8 Å². The minimum atomic E-state index is -0.0445. The number of methoxy groups -OCH3 is 1. The van der Waals surface area contributed by atoms with E-state index >= 15 is 0 Å². The number of hydrogen-bond acceptors (Lipinski definition) is 6. The quantitative estimate of drug-likeness (QED) is 0.714. The molecule has 132 valence electrons. The van der Waals surface area contributed by atoms with Gasteiger partial charge in [0.15, 0.2) is 0 Å². The van der Waals surface area contributed by atoms with Crippen LogP contribution in [-0.2, 0) is 4.74 Å². The summed E-state index contributed by atoms with van der Waals surface area (Å²) < 4.78 is 5.26. The fraction of sp³-hybridized carbons (Fsp3) is 0.389. The number of rotatable bonds is 7. The van der Waals surface area contributed by atoms with Gasteiger partial charge in [-0.15, -0.1) is 0 Å². The molecule has 0 amide bonds. The molecule has 7 nitrogen and oxygen atoms in total. The van der Waals surface area contributed by atoms with Crippen molar-refractivity contribution >= 4 is 24.1 Å². The Morgan fingerprint density at radius 1 is 1.36 bits per heavy atom. The van der Waals surface area contributed by atoms with Crippen LogP contribution in [0.25, 0.3) is 6.08 Å². The number of fused-ring (bicyclic) bond motifs is 1. The van der Waals surface area contributed by atoms with E-state index < -0.39 is 0 Å². The molecule has 1 aliphatic heterocycles. The fourth-order valence-corrected chi connectivity index (χ4v) is 2.84. The SMILES string of the molecule is COC[C@@H](CC(C)C)Nc1nc(O)c(C=c2ccc3c(c2)N=CN=3)[nH]1. The maximum atomic E-state index is 10.1. The van der Waals surface area contributed by atoms with Crippen molar-refractivity contribution in [1.82, 2.24) is 9.97 Å². The summed E-state index contributed by atoms with van der Waals surface area (Å²) in [5.41, 5.74) is 1.37. The summed E-state index contributed by atoms with van der Waals surface area (Å²) >= 11 is 0. The highest BCUT2D eigenvalue weighted by molar-refractivity contribution is 5.67. The number of nitrogens with zero attached hydrogens (tertiary/aromatic N) is 3. The average molecular weight is 341 g/mol. The van der Waals surface area contributed by atoms with Crippen LogP contribution in [0.4, 0.5) is 11.6 Å². The van der Waals surface area contributed by atoms with E-state index in [0.29, 0.717) is 24.2 Å². The summed E-state index contributed by atoms with van der Waals surface area (Å²) in [5.74, 6) is 1.01. The predicted octanol–water partition coefficient (Wildman–Crippen LogP) is 1.71. The lowest BCUT2D eigenvalue weighted by Crippen LogP contribution is -2.27.